The summed E-state index contributed by atoms with van der Waals surface area (Å²) < 4.78 is 1.51. The van der Waals surface area contributed by atoms with Crippen LogP contribution in [0.15, 0.2) is 17.2 Å². The molecule has 0 amide bonds. The molecular formula is C12H17N3O4. The molecule has 1 aliphatic rings. The number of carbonyl (C=O) groups is 1. The Bertz CT molecular complexity index is 528. The van der Waals surface area contributed by atoms with E-state index in [1.165, 1.54) is 15.7 Å². The highest BCUT2D eigenvalue weighted by Crippen LogP contribution is 2.21. The predicted octanol–water partition coefficient (Wildman–Crippen LogP) is -0.323. The molecule has 1 saturated heterocycles. The third-order valence-electron chi connectivity index (χ3n) is 3.20. The van der Waals surface area contributed by atoms with Crippen LogP contribution in [0, 0.1) is 0 Å². The van der Waals surface area contributed by atoms with Gasteiger partial charge in [-0.25, -0.2) is 9.78 Å². The first-order valence-corrected chi connectivity index (χ1v) is 6.27. The average molecular weight is 267 g/mol. The molecule has 2 rings (SSSR count). The average Bonchev–Trinajstić information content (AvgIpc) is 2.74. The van der Waals surface area contributed by atoms with Gasteiger partial charge in [0, 0.05) is 31.9 Å². The van der Waals surface area contributed by atoms with Gasteiger partial charge in [-0.2, -0.15) is 0 Å². The van der Waals surface area contributed by atoms with Gasteiger partial charge in [0.2, 0.25) is 0 Å². The highest BCUT2D eigenvalue weighted by Gasteiger charge is 2.38. The van der Waals surface area contributed by atoms with Crippen LogP contribution < -0.4 is 10.5 Å². The van der Waals surface area contributed by atoms with Crippen molar-refractivity contribution < 1.29 is 15.0 Å². The fourth-order valence-electron chi connectivity index (χ4n) is 2.33. The van der Waals surface area contributed by atoms with Crippen molar-refractivity contribution in [3.05, 3.63) is 22.7 Å². The molecule has 0 radical (unpaired) electrons. The Hall–Kier alpha value is -1.89. The number of aromatic nitrogens is 2. The molecule has 0 saturated carbocycles. The zero-order valence-corrected chi connectivity index (χ0v) is 10.7. The molecule has 1 aromatic heterocycles. The lowest BCUT2D eigenvalue weighted by Gasteiger charge is -2.21. The van der Waals surface area contributed by atoms with E-state index in [2.05, 4.69) is 4.98 Å². The summed E-state index contributed by atoms with van der Waals surface area (Å²) in [6, 6.07) is -0.896. The summed E-state index contributed by atoms with van der Waals surface area (Å²) in [5, 5.41) is 18.7. The number of carboxylic acids is 1. The lowest BCUT2D eigenvalue weighted by Crippen LogP contribution is -2.41. The van der Waals surface area contributed by atoms with Gasteiger partial charge < -0.3 is 19.7 Å². The topological polar surface area (TPSA) is 95.7 Å². The number of rotatable bonds is 4. The number of aliphatic carboxylic acids is 1. The maximum atomic E-state index is 12.2. The Morgan fingerprint density at radius 2 is 2.32 bits per heavy atom. The Morgan fingerprint density at radius 1 is 1.58 bits per heavy atom. The number of hydrogen-bond acceptors (Lipinski definition) is 5. The van der Waals surface area contributed by atoms with E-state index in [1.54, 1.807) is 6.20 Å². The normalized spacial score (nSPS) is 22.7. The molecule has 2 N–H and O–H groups in total. The summed E-state index contributed by atoms with van der Waals surface area (Å²) in [7, 11) is 0. The number of aliphatic hydroxyl groups excluding tert-OH is 1. The van der Waals surface area contributed by atoms with Crippen LogP contribution in [0.1, 0.15) is 19.8 Å². The minimum atomic E-state index is -1.05. The maximum Gasteiger partial charge on any atom is 0.326 e. The third-order valence-corrected chi connectivity index (χ3v) is 3.20. The second-order valence-corrected chi connectivity index (χ2v) is 4.65. The van der Waals surface area contributed by atoms with Crippen LogP contribution in [0.2, 0.25) is 0 Å². The molecule has 2 atom stereocenters. The van der Waals surface area contributed by atoms with E-state index in [1.807, 2.05) is 6.92 Å². The van der Waals surface area contributed by atoms with E-state index >= 15 is 0 Å². The summed E-state index contributed by atoms with van der Waals surface area (Å²) in [6.07, 6.45) is 3.23. The molecule has 0 spiro atoms. The lowest BCUT2D eigenvalue weighted by atomic mass is 10.2. The molecule has 1 aromatic rings. The van der Waals surface area contributed by atoms with Crippen LogP contribution in [0.25, 0.3) is 0 Å². The predicted molar refractivity (Wildman–Crippen MR) is 68.2 cm³/mol. The highest BCUT2D eigenvalue weighted by atomic mass is 16.4. The zero-order chi connectivity index (χ0) is 14.0. The van der Waals surface area contributed by atoms with E-state index < -0.39 is 18.1 Å². The second-order valence-electron chi connectivity index (χ2n) is 4.65. The van der Waals surface area contributed by atoms with Crippen LogP contribution in [-0.2, 0) is 11.3 Å². The first-order valence-electron chi connectivity index (χ1n) is 6.27. The molecule has 1 aliphatic heterocycles. The number of nitrogens with zero attached hydrogens (tertiary/aromatic N) is 3. The number of carboxylic acid groups (broad SMARTS) is 1. The number of anilines is 1. The quantitative estimate of drug-likeness (QED) is 0.776. The van der Waals surface area contributed by atoms with E-state index in [-0.39, 0.29) is 24.3 Å². The second kappa shape index (κ2) is 5.40. The smallest absolute Gasteiger partial charge is 0.326 e. The highest BCUT2D eigenvalue weighted by molar-refractivity contribution is 5.78. The van der Waals surface area contributed by atoms with Crippen molar-refractivity contribution in [2.45, 2.75) is 38.5 Å². The van der Waals surface area contributed by atoms with Crippen LogP contribution in [0.4, 0.5) is 5.82 Å². The summed E-state index contributed by atoms with van der Waals surface area (Å²) >= 11 is 0. The van der Waals surface area contributed by atoms with Crippen molar-refractivity contribution in [2.24, 2.45) is 0 Å². The van der Waals surface area contributed by atoms with E-state index in [9.17, 15) is 14.7 Å². The fraction of sp³-hybridized carbons (Fsp3) is 0.583. The molecule has 0 bridgehead atoms. The monoisotopic (exact) mass is 267 g/mol. The first kappa shape index (κ1) is 13.5. The summed E-state index contributed by atoms with van der Waals surface area (Å²) in [4.78, 5) is 28.7. The van der Waals surface area contributed by atoms with Crippen molar-refractivity contribution >= 4 is 11.8 Å². The van der Waals surface area contributed by atoms with Crippen LogP contribution in [0.5, 0.6) is 0 Å². The fourth-order valence-corrected chi connectivity index (χ4v) is 2.33. The summed E-state index contributed by atoms with van der Waals surface area (Å²) in [5.74, 6) is -0.955. The molecule has 1 fully saturated rings. The van der Waals surface area contributed by atoms with E-state index in [0.717, 1.165) is 6.42 Å². The summed E-state index contributed by atoms with van der Waals surface area (Å²) in [6.45, 7) is 2.63. The molecule has 2 unspecified atom stereocenters. The molecule has 7 nitrogen and oxygen atoms in total. The Labute approximate surface area is 110 Å². The molecule has 2 heterocycles. The van der Waals surface area contributed by atoms with Crippen LogP contribution in [-0.4, -0.2) is 44.4 Å². The van der Waals surface area contributed by atoms with Gasteiger partial charge in [-0.3, -0.25) is 4.79 Å². The van der Waals surface area contributed by atoms with Crippen molar-refractivity contribution in [3.63, 3.8) is 0 Å². The minimum Gasteiger partial charge on any atom is -0.480 e. The van der Waals surface area contributed by atoms with Crippen LogP contribution >= 0.6 is 0 Å². The van der Waals surface area contributed by atoms with Crippen molar-refractivity contribution in [2.75, 3.05) is 11.4 Å². The van der Waals surface area contributed by atoms with Gasteiger partial charge in [-0.15, -0.1) is 0 Å². The van der Waals surface area contributed by atoms with Crippen LogP contribution in [0.3, 0.4) is 0 Å². The molecule has 0 aromatic carbocycles. The summed E-state index contributed by atoms with van der Waals surface area (Å²) in [5.41, 5.74) is -0.315. The standard InChI is InChI=1S/C12H17N3O4/c1-2-4-14-5-3-13-10(11(14)17)15-7-8(16)6-9(15)12(18)19/h3,5,8-9,16H,2,4,6-7H2,1H3,(H,18,19). The molecule has 7 heteroatoms. The van der Waals surface area contributed by atoms with Gasteiger partial charge in [0.15, 0.2) is 5.82 Å². The lowest BCUT2D eigenvalue weighted by molar-refractivity contribution is -0.138. The van der Waals surface area contributed by atoms with Gasteiger partial charge in [0.25, 0.3) is 5.56 Å². The first-order chi connectivity index (χ1) is 9.04. The molecule has 19 heavy (non-hydrogen) atoms. The number of aliphatic hydroxyl groups is 1. The number of β-amino-alcohol motifs (C(OH)–C–C–N with tert-alkyl or cyclic N) is 1. The largest absolute Gasteiger partial charge is 0.480 e. The van der Waals surface area contributed by atoms with E-state index in [4.69, 9.17) is 5.11 Å². The SMILES string of the molecule is CCCn1ccnc(N2CC(O)CC2C(=O)O)c1=O. The minimum absolute atomic E-state index is 0.0971. The Kier molecular flexibility index (Phi) is 3.84. The van der Waals surface area contributed by atoms with Crippen molar-refractivity contribution in [1.29, 1.82) is 0 Å². The zero-order valence-electron chi connectivity index (χ0n) is 10.7. The number of aryl methyl sites for hydroxylation is 1. The number of hydrogen-bond donors (Lipinski definition) is 2. The van der Waals surface area contributed by atoms with Gasteiger partial charge in [0.1, 0.15) is 6.04 Å². The third kappa shape index (κ3) is 2.60. The molecule has 104 valence electrons. The van der Waals surface area contributed by atoms with Crippen molar-refractivity contribution in [1.82, 2.24) is 9.55 Å². The Morgan fingerprint density at radius 3 is 2.95 bits per heavy atom. The van der Waals surface area contributed by atoms with E-state index in [0.29, 0.717) is 6.54 Å². The molecular weight excluding hydrogens is 250 g/mol. The Balaban J connectivity index is 2.38. The molecule has 0 aliphatic carbocycles. The van der Waals surface area contributed by atoms with Crippen molar-refractivity contribution in [3.8, 4) is 0 Å². The van der Waals surface area contributed by atoms with Gasteiger partial charge >= 0.3 is 5.97 Å². The van der Waals surface area contributed by atoms with Gasteiger partial charge in [0.05, 0.1) is 6.10 Å². The van der Waals surface area contributed by atoms with Gasteiger partial charge in [-0.1, -0.05) is 6.92 Å². The van der Waals surface area contributed by atoms with Gasteiger partial charge in [-0.05, 0) is 6.42 Å². The maximum absolute atomic E-state index is 12.2.